The Balaban J connectivity index is 1.69. The second-order valence-corrected chi connectivity index (χ2v) is 8.19. The highest BCUT2D eigenvalue weighted by atomic mass is 19.1. The zero-order valence-electron chi connectivity index (χ0n) is 16.9. The van der Waals surface area contributed by atoms with Gasteiger partial charge < -0.3 is 4.90 Å². The predicted molar refractivity (Wildman–Crippen MR) is 119 cm³/mol. The van der Waals surface area contributed by atoms with Gasteiger partial charge in [0.1, 0.15) is 11.6 Å². The molecule has 0 saturated carbocycles. The maximum atomic E-state index is 13.6. The second kappa shape index (κ2) is 6.81. The van der Waals surface area contributed by atoms with Crippen LogP contribution in [-0.2, 0) is 5.41 Å². The summed E-state index contributed by atoms with van der Waals surface area (Å²) in [4.78, 5) is 2.03. The molecular weight excluding hydrogens is 376 g/mol. The quantitative estimate of drug-likeness (QED) is 0.342. The molecule has 0 fully saturated rings. The summed E-state index contributed by atoms with van der Waals surface area (Å²) < 4.78 is 27.1. The first kappa shape index (κ1) is 18.6. The van der Waals surface area contributed by atoms with Crippen molar-refractivity contribution in [3.05, 3.63) is 114 Å². The van der Waals surface area contributed by atoms with Crippen molar-refractivity contribution >= 4 is 17.1 Å². The Hall–Kier alpha value is -3.46. The van der Waals surface area contributed by atoms with E-state index in [1.165, 1.54) is 46.5 Å². The fourth-order valence-corrected chi connectivity index (χ4v) is 4.46. The predicted octanol–water partition coefficient (Wildman–Crippen LogP) is 7.74. The van der Waals surface area contributed by atoms with Crippen LogP contribution in [0.15, 0.2) is 91.0 Å². The van der Waals surface area contributed by atoms with Gasteiger partial charge >= 0.3 is 0 Å². The number of fused-ring (bicyclic) bond motifs is 3. The summed E-state index contributed by atoms with van der Waals surface area (Å²) in [6, 6.07) is 27.7. The summed E-state index contributed by atoms with van der Waals surface area (Å²) in [5.41, 5.74) is 7.51. The van der Waals surface area contributed by atoms with Gasteiger partial charge in [0, 0.05) is 22.5 Å². The van der Waals surface area contributed by atoms with Crippen LogP contribution in [0.2, 0.25) is 0 Å². The summed E-state index contributed by atoms with van der Waals surface area (Å²) in [6.45, 7) is 4.48. The maximum Gasteiger partial charge on any atom is 0.123 e. The topological polar surface area (TPSA) is 3.24 Å². The molecule has 148 valence electrons. The third kappa shape index (κ3) is 2.89. The lowest BCUT2D eigenvalue weighted by Crippen LogP contribution is -2.16. The number of rotatable bonds is 3. The van der Waals surface area contributed by atoms with E-state index in [1.807, 2.05) is 4.90 Å². The molecule has 0 saturated heterocycles. The number of halogens is 2. The molecule has 5 rings (SSSR count). The molecule has 1 aliphatic carbocycles. The zero-order chi connectivity index (χ0) is 20.9. The molecule has 0 atom stereocenters. The van der Waals surface area contributed by atoms with Gasteiger partial charge in [-0.2, -0.15) is 0 Å². The Morgan fingerprint density at radius 2 is 1.07 bits per heavy atom. The number of nitrogens with zero attached hydrogens (tertiary/aromatic N) is 1. The molecule has 1 aliphatic rings. The first-order chi connectivity index (χ1) is 14.4. The lowest BCUT2D eigenvalue weighted by Gasteiger charge is -2.28. The zero-order valence-corrected chi connectivity index (χ0v) is 16.9. The van der Waals surface area contributed by atoms with Gasteiger partial charge in [0.05, 0.1) is 0 Å². The molecular formula is C27H21F2N. The van der Waals surface area contributed by atoms with Crippen LogP contribution < -0.4 is 4.90 Å². The van der Waals surface area contributed by atoms with Crippen LogP contribution in [0.25, 0.3) is 11.1 Å². The number of hydrogen-bond donors (Lipinski definition) is 0. The molecule has 1 nitrogen and oxygen atoms in total. The highest BCUT2D eigenvalue weighted by Crippen LogP contribution is 2.50. The van der Waals surface area contributed by atoms with Gasteiger partial charge in [0.15, 0.2) is 0 Å². The van der Waals surface area contributed by atoms with Crippen molar-refractivity contribution in [2.24, 2.45) is 0 Å². The Bertz CT molecular complexity index is 1180. The molecule has 0 aromatic heterocycles. The van der Waals surface area contributed by atoms with Gasteiger partial charge in [0.2, 0.25) is 0 Å². The van der Waals surface area contributed by atoms with E-state index in [0.717, 1.165) is 17.1 Å². The van der Waals surface area contributed by atoms with Crippen molar-refractivity contribution in [2.45, 2.75) is 19.3 Å². The van der Waals surface area contributed by atoms with Crippen LogP contribution in [0.5, 0.6) is 0 Å². The standard InChI is InChI=1S/C27H21F2N/c1-27(2)25-6-4-3-5-23(25)24-16-15-22(17-26(24)27)30(20-11-7-18(28)8-12-20)21-13-9-19(29)10-14-21/h3-17H,1-2H3. The number of benzene rings is 4. The van der Waals surface area contributed by atoms with E-state index in [-0.39, 0.29) is 17.0 Å². The Labute approximate surface area is 175 Å². The van der Waals surface area contributed by atoms with Crippen LogP contribution in [0.4, 0.5) is 25.8 Å². The van der Waals surface area contributed by atoms with Crippen molar-refractivity contribution in [1.82, 2.24) is 0 Å². The van der Waals surface area contributed by atoms with E-state index in [4.69, 9.17) is 0 Å². The van der Waals surface area contributed by atoms with Gasteiger partial charge in [-0.1, -0.05) is 44.2 Å². The normalized spacial score (nSPS) is 13.6. The minimum Gasteiger partial charge on any atom is -0.310 e. The maximum absolute atomic E-state index is 13.6. The van der Waals surface area contributed by atoms with Crippen LogP contribution >= 0.6 is 0 Å². The third-order valence-corrected chi connectivity index (χ3v) is 5.99. The fourth-order valence-electron chi connectivity index (χ4n) is 4.46. The van der Waals surface area contributed by atoms with Crippen LogP contribution in [-0.4, -0.2) is 0 Å². The van der Waals surface area contributed by atoms with Gasteiger partial charge in [0.25, 0.3) is 0 Å². The molecule has 0 amide bonds. The van der Waals surface area contributed by atoms with Gasteiger partial charge in [-0.15, -0.1) is 0 Å². The lowest BCUT2D eigenvalue weighted by atomic mass is 9.82. The average molecular weight is 397 g/mol. The highest BCUT2D eigenvalue weighted by molar-refractivity contribution is 5.85. The van der Waals surface area contributed by atoms with Crippen molar-refractivity contribution in [1.29, 1.82) is 0 Å². The molecule has 0 radical (unpaired) electrons. The molecule has 4 aromatic carbocycles. The Morgan fingerprint density at radius 3 is 1.67 bits per heavy atom. The molecule has 0 aliphatic heterocycles. The van der Waals surface area contributed by atoms with Gasteiger partial charge in [-0.05, 0) is 82.9 Å². The summed E-state index contributed by atoms with van der Waals surface area (Å²) in [5.74, 6) is -0.577. The molecule has 3 heteroatoms. The van der Waals surface area contributed by atoms with E-state index in [0.29, 0.717) is 0 Å². The monoisotopic (exact) mass is 397 g/mol. The first-order valence-electron chi connectivity index (χ1n) is 10.0. The van der Waals surface area contributed by atoms with Crippen molar-refractivity contribution in [3.8, 4) is 11.1 Å². The largest absolute Gasteiger partial charge is 0.310 e. The van der Waals surface area contributed by atoms with Crippen LogP contribution in [0.3, 0.4) is 0 Å². The Kier molecular flexibility index (Phi) is 4.21. The fraction of sp³-hybridized carbons (Fsp3) is 0.111. The molecule has 4 aromatic rings. The van der Waals surface area contributed by atoms with Gasteiger partial charge in [-0.25, -0.2) is 8.78 Å². The van der Waals surface area contributed by atoms with Crippen molar-refractivity contribution < 1.29 is 8.78 Å². The van der Waals surface area contributed by atoms with Gasteiger partial charge in [-0.3, -0.25) is 0 Å². The number of anilines is 3. The molecule has 0 N–H and O–H groups in total. The second-order valence-electron chi connectivity index (χ2n) is 8.19. The molecule has 0 spiro atoms. The summed E-state index contributed by atoms with van der Waals surface area (Å²) in [5, 5.41) is 0. The van der Waals surface area contributed by atoms with E-state index < -0.39 is 0 Å². The molecule has 30 heavy (non-hydrogen) atoms. The smallest absolute Gasteiger partial charge is 0.123 e. The Morgan fingerprint density at radius 1 is 0.567 bits per heavy atom. The molecule has 0 heterocycles. The van der Waals surface area contributed by atoms with E-state index in [9.17, 15) is 8.78 Å². The average Bonchev–Trinajstić information content (AvgIpc) is 2.98. The van der Waals surface area contributed by atoms with Crippen molar-refractivity contribution in [2.75, 3.05) is 4.90 Å². The summed E-state index contributed by atoms with van der Waals surface area (Å²) in [7, 11) is 0. The summed E-state index contributed by atoms with van der Waals surface area (Å²) >= 11 is 0. The molecule has 0 unspecified atom stereocenters. The van der Waals surface area contributed by atoms with E-state index in [1.54, 1.807) is 24.3 Å². The SMILES string of the molecule is CC1(C)c2ccccc2-c2ccc(N(c3ccc(F)cc3)c3ccc(F)cc3)cc21. The minimum atomic E-state index is -0.289. The van der Waals surface area contributed by atoms with E-state index in [2.05, 4.69) is 56.3 Å². The van der Waals surface area contributed by atoms with Crippen LogP contribution in [0.1, 0.15) is 25.0 Å². The highest BCUT2D eigenvalue weighted by Gasteiger charge is 2.35. The van der Waals surface area contributed by atoms with E-state index >= 15 is 0 Å². The summed E-state index contributed by atoms with van der Waals surface area (Å²) in [6.07, 6.45) is 0. The lowest BCUT2D eigenvalue weighted by molar-refractivity contribution is 0.628. The number of hydrogen-bond acceptors (Lipinski definition) is 1. The van der Waals surface area contributed by atoms with Crippen LogP contribution in [0, 0.1) is 11.6 Å². The molecule has 0 bridgehead atoms. The minimum absolute atomic E-state index is 0.126. The van der Waals surface area contributed by atoms with Crippen molar-refractivity contribution in [3.63, 3.8) is 0 Å². The third-order valence-electron chi connectivity index (χ3n) is 5.99. The first-order valence-corrected chi connectivity index (χ1v) is 10.0.